The minimum Gasteiger partial charge on any atom is -0.395 e. The molecule has 19 heavy (non-hydrogen) atoms. The molecule has 104 valence electrons. The van der Waals surface area contributed by atoms with Gasteiger partial charge < -0.3 is 15.0 Å². The Kier molecular flexibility index (Phi) is 4.34. The number of Topliss-reactive ketones (excluding diaryl/α,β-unsaturated/α-hetero) is 1. The van der Waals surface area contributed by atoms with E-state index in [9.17, 15) is 9.59 Å². The highest BCUT2D eigenvalue weighted by atomic mass is 16.3. The second-order valence-corrected chi connectivity index (χ2v) is 4.70. The second kappa shape index (κ2) is 5.99. The van der Waals surface area contributed by atoms with Gasteiger partial charge in [0, 0.05) is 39.6 Å². The molecular formula is C13H19N3O3. The molecule has 2 rings (SSSR count). The molecule has 0 bridgehead atoms. The first-order valence-electron chi connectivity index (χ1n) is 6.44. The molecule has 0 atom stereocenters. The minimum absolute atomic E-state index is 0.0730. The number of ketones is 1. The van der Waals surface area contributed by atoms with Crippen LogP contribution in [-0.2, 0) is 0 Å². The summed E-state index contributed by atoms with van der Waals surface area (Å²) in [4.78, 5) is 30.1. The van der Waals surface area contributed by atoms with E-state index in [2.05, 4.69) is 9.88 Å². The topological polar surface area (TPSA) is 76.6 Å². The zero-order valence-corrected chi connectivity index (χ0v) is 11.1. The van der Waals surface area contributed by atoms with Crippen LogP contribution in [0.5, 0.6) is 0 Å². The number of β-amino-alcohol motifs (C(OH)–C–C–N with tert-alkyl or cyclic N) is 1. The number of nitrogens with zero attached hydrogens (tertiary/aromatic N) is 2. The van der Waals surface area contributed by atoms with Crippen molar-refractivity contribution in [3.05, 3.63) is 23.5 Å². The van der Waals surface area contributed by atoms with Crippen LogP contribution in [-0.4, -0.2) is 70.9 Å². The molecule has 1 fully saturated rings. The number of aromatic amines is 1. The predicted molar refractivity (Wildman–Crippen MR) is 70.2 cm³/mol. The first-order valence-corrected chi connectivity index (χ1v) is 6.44. The van der Waals surface area contributed by atoms with Crippen LogP contribution < -0.4 is 0 Å². The van der Waals surface area contributed by atoms with E-state index in [0.29, 0.717) is 31.0 Å². The van der Waals surface area contributed by atoms with Crippen molar-refractivity contribution in [1.82, 2.24) is 14.8 Å². The first kappa shape index (κ1) is 13.8. The van der Waals surface area contributed by atoms with Gasteiger partial charge in [0.2, 0.25) is 0 Å². The number of hydrogen-bond acceptors (Lipinski definition) is 4. The minimum atomic E-state index is -0.0770. The lowest BCUT2D eigenvalue weighted by Crippen LogP contribution is -2.49. The van der Waals surface area contributed by atoms with Gasteiger partial charge >= 0.3 is 0 Å². The van der Waals surface area contributed by atoms with E-state index < -0.39 is 0 Å². The summed E-state index contributed by atoms with van der Waals surface area (Å²) in [5.74, 6) is -0.150. The van der Waals surface area contributed by atoms with Crippen LogP contribution in [0.15, 0.2) is 12.1 Å². The number of hydrogen-bond donors (Lipinski definition) is 2. The summed E-state index contributed by atoms with van der Waals surface area (Å²) < 4.78 is 0. The number of amides is 1. The zero-order valence-electron chi connectivity index (χ0n) is 11.1. The van der Waals surface area contributed by atoms with Crippen molar-refractivity contribution in [3.8, 4) is 0 Å². The van der Waals surface area contributed by atoms with Gasteiger partial charge in [-0.25, -0.2) is 0 Å². The summed E-state index contributed by atoms with van der Waals surface area (Å²) in [6.07, 6.45) is 0. The largest absolute Gasteiger partial charge is 0.395 e. The molecule has 0 aromatic carbocycles. The highest BCUT2D eigenvalue weighted by Gasteiger charge is 2.22. The molecule has 2 heterocycles. The molecule has 0 radical (unpaired) electrons. The van der Waals surface area contributed by atoms with Crippen molar-refractivity contribution >= 4 is 11.7 Å². The molecule has 1 aliphatic rings. The molecule has 1 aromatic rings. The Balaban J connectivity index is 1.95. The Morgan fingerprint density at radius 3 is 2.37 bits per heavy atom. The van der Waals surface area contributed by atoms with E-state index in [-0.39, 0.29) is 18.3 Å². The Morgan fingerprint density at radius 2 is 1.84 bits per heavy atom. The molecule has 0 aliphatic carbocycles. The smallest absolute Gasteiger partial charge is 0.270 e. The van der Waals surface area contributed by atoms with Crippen LogP contribution in [0.2, 0.25) is 0 Å². The number of rotatable bonds is 4. The number of carbonyl (C=O) groups is 2. The summed E-state index contributed by atoms with van der Waals surface area (Å²) in [6.45, 7) is 5.10. The number of aliphatic hydroxyl groups is 1. The monoisotopic (exact) mass is 265 g/mol. The van der Waals surface area contributed by atoms with E-state index in [4.69, 9.17) is 5.11 Å². The molecule has 1 aliphatic heterocycles. The van der Waals surface area contributed by atoms with Crippen LogP contribution in [0.3, 0.4) is 0 Å². The normalized spacial score (nSPS) is 16.6. The maximum atomic E-state index is 12.2. The summed E-state index contributed by atoms with van der Waals surface area (Å²) >= 11 is 0. The molecule has 0 unspecified atom stereocenters. The van der Waals surface area contributed by atoms with Gasteiger partial charge in [0.15, 0.2) is 5.78 Å². The van der Waals surface area contributed by atoms with Crippen molar-refractivity contribution in [1.29, 1.82) is 0 Å². The van der Waals surface area contributed by atoms with Crippen molar-refractivity contribution in [2.24, 2.45) is 0 Å². The Bertz CT molecular complexity index is 461. The third-order valence-electron chi connectivity index (χ3n) is 3.37. The van der Waals surface area contributed by atoms with Crippen molar-refractivity contribution in [2.75, 3.05) is 39.3 Å². The molecule has 1 saturated heterocycles. The summed E-state index contributed by atoms with van der Waals surface area (Å²) in [5, 5.41) is 8.87. The quantitative estimate of drug-likeness (QED) is 0.749. The third-order valence-corrected chi connectivity index (χ3v) is 3.37. The SMILES string of the molecule is CC(=O)c1ccc(C(=O)N2CCN(CCO)CC2)[nH]1. The molecule has 2 N–H and O–H groups in total. The second-order valence-electron chi connectivity index (χ2n) is 4.70. The zero-order chi connectivity index (χ0) is 13.8. The van der Waals surface area contributed by atoms with Crippen LogP contribution in [0, 0.1) is 0 Å². The van der Waals surface area contributed by atoms with E-state index in [1.807, 2.05) is 0 Å². The molecular weight excluding hydrogens is 246 g/mol. The predicted octanol–water partition coefficient (Wildman–Crippen LogP) is -0.0326. The van der Waals surface area contributed by atoms with Gasteiger partial charge in [0.1, 0.15) is 5.69 Å². The third kappa shape index (κ3) is 3.21. The fraction of sp³-hybridized carbons (Fsp3) is 0.538. The number of H-pyrrole nitrogens is 1. The highest BCUT2D eigenvalue weighted by molar-refractivity contribution is 5.97. The molecule has 0 spiro atoms. The van der Waals surface area contributed by atoms with E-state index >= 15 is 0 Å². The lowest BCUT2D eigenvalue weighted by atomic mass is 10.3. The molecule has 1 amide bonds. The van der Waals surface area contributed by atoms with Crippen LogP contribution in [0.1, 0.15) is 27.9 Å². The van der Waals surface area contributed by atoms with Crippen molar-refractivity contribution in [2.45, 2.75) is 6.92 Å². The summed E-state index contributed by atoms with van der Waals surface area (Å²) in [7, 11) is 0. The number of aromatic nitrogens is 1. The summed E-state index contributed by atoms with van der Waals surface area (Å²) in [6, 6.07) is 3.29. The average molecular weight is 265 g/mol. The molecule has 1 aromatic heterocycles. The number of nitrogens with one attached hydrogen (secondary N) is 1. The maximum Gasteiger partial charge on any atom is 0.270 e. The van der Waals surface area contributed by atoms with Crippen LogP contribution in [0.4, 0.5) is 0 Å². The summed E-state index contributed by atoms with van der Waals surface area (Å²) in [5.41, 5.74) is 0.920. The fourth-order valence-electron chi connectivity index (χ4n) is 2.21. The molecule has 6 nitrogen and oxygen atoms in total. The van der Waals surface area contributed by atoms with Gasteiger partial charge in [0.05, 0.1) is 12.3 Å². The Hall–Kier alpha value is -1.66. The van der Waals surface area contributed by atoms with Crippen LogP contribution >= 0.6 is 0 Å². The van der Waals surface area contributed by atoms with E-state index in [1.54, 1.807) is 17.0 Å². The number of piperazine rings is 1. The highest BCUT2D eigenvalue weighted by Crippen LogP contribution is 2.09. The van der Waals surface area contributed by atoms with Gasteiger partial charge in [-0.2, -0.15) is 0 Å². The standard InChI is InChI=1S/C13H19N3O3/c1-10(18)11-2-3-12(14-11)13(19)16-6-4-15(5-7-16)8-9-17/h2-3,14,17H,4-9H2,1H3. The van der Waals surface area contributed by atoms with Gasteiger partial charge in [-0.3, -0.25) is 14.5 Å². The molecule has 6 heteroatoms. The lowest BCUT2D eigenvalue weighted by Gasteiger charge is -2.34. The average Bonchev–Trinajstić information content (AvgIpc) is 2.89. The van der Waals surface area contributed by atoms with Crippen molar-refractivity contribution < 1.29 is 14.7 Å². The van der Waals surface area contributed by atoms with Gasteiger partial charge in [0.25, 0.3) is 5.91 Å². The van der Waals surface area contributed by atoms with Gasteiger partial charge in [-0.05, 0) is 12.1 Å². The maximum absolute atomic E-state index is 12.2. The fourth-order valence-corrected chi connectivity index (χ4v) is 2.21. The van der Waals surface area contributed by atoms with Gasteiger partial charge in [-0.1, -0.05) is 0 Å². The number of aliphatic hydroxyl groups excluding tert-OH is 1. The number of carbonyl (C=O) groups excluding carboxylic acids is 2. The van der Waals surface area contributed by atoms with Gasteiger partial charge in [-0.15, -0.1) is 0 Å². The van der Waals surface area contributed by atoms with E-state index in [0.717, 1.165) is 13.1 Å². The molecule has 0 saturated carbocycles. The Labute approximate surface area is 112 Å². The Morgan fingerprint density at radius 1 is 1.21 bits per heavy atom. The van der Waals surface area contributed by atoms with Crippen molar-refractivity contribution in [3.63, 3.8) is 0 Å². The van der Waals surface area contributed by atoms with Crippen LogP contribution in [0.25, 0.3) is 0 Å². The van der Waals surface area contributed by atoms with E-state index in [1.165, 1.54) is 6.92 Å². The first-order chi connectivity index (χ1) is 9.11. The lowest BCUT2D eigenvalue weighted by molar-refractivity contribution is 0.0610.